The number of hydrogen-bond donors (Lipinski definition) is 0. The van der Waals surface area contributed by atoms with Crippen molar-refractivity contribution in [1.82, 2.24) is 0 Å². The van der Waals surface area contributed by atoms with Crippen molar-refractivity contribution in [3.63, 3.8) is 0 Å². The second-order valence-corrected chi connectivity index (χ2v) is 13.3. The molecule has 0 nitrogen and oxygen atoms in total. The van der Waals surface area contributed by atoms with E-state index in [0.29, 0.717) is 0 Å². The van der Waals surface area contributed by atoms with Crippen molar-refractivity contribution >= 4 is 0 Å². The highest BCUT2D eigenvalue weighted by atomic mass is 14.1. The zero-order valence-corrected chi connectivity index (χ0v) is 26.5. The zero-order chi connectivity index (χ0) is 26.5. The molecule has 0 aromatic carbocycles. The van der Waals surface area contributed by atoms with E-state index >= 15 is 0 Å². The second-order valence-electron chi connectivity index (χ2n) is 13.3. The highest BCUT2D eigenvalue weighted by Crippen LogP contribution is 2.22. The lowest BCUT2D eigenvalue weighted by atomic mass is 9.92. The average Bonchev–Trinajstić information content (AvgIpc) is 2.85. The Balaban J connectivity index is 3.25. The maximum absolute atomic E-state index is 2.51. The first kappa shape index (κ1) is 36.0. The van der Waals surface area contributed by atoms with Crippen molar-refractivity contribution in [3.8, 4) is 0 Å². The minimum atomic E-state index is 0.895. The Labute approximate surface area is 232 Å². The summed E-state index contributed by atoms with van der Waals surface area (Å²) in [5, 5.41) is 0. The van der Waals surface area contributed by atoms with Gasteiger partial charge in [-0.15, -0.1) is 0 Å². The van der Waals surface area contributed by atoms with Crippen LogP contribution < -0.4 is 0 Å². The summed E-state index contributed by atoms with van der Waals surface area (Å²) >= 11 is 0. The van der Waals surface area contributed by atoms with Gasteiger partial charge in [-0.3, -0.25) is 0 Å². The largest absolute Gasteiger partial charge is 0.0654 e. The van der Waals surface area contributed by atoms with Gasteiger partial charge in [0.25, 0.3) is 0 Å². The maximum atomic E-state index is 2.51. The van der Waals surface area contributed by atoms with E-state index in [1.54, 1.807) is 0 Å². The van der Waals surface area contributed by atoms with Crippen molar-refractivity contribution in [2.75, 3.05) is 0 Å². The Morgan fingerprint density at radius 3 is 0.833 bits per heavy atom. The molecule has 0 N–H and O–H groups in total. The summed E-state index contributed by atoms with van der Waals surface area (Å²) in [5.41, 5.74) is 0. The van der Waals surface area contributed by atoms with Gasteiger partial charge in [0.05, 0.1) is 0 Å². The smallest absolute Gasteiger partial charge is 0.0443 e. The Bertz CT molecular complexity index is 383. The molecule has 0 spiro atoms. The van der Waals surface area contributed by atoms with Gasteiger partial charge in [-0.05, 0) is 17.8 Å². The van der Waals surface area contributed by atoms with Gasteiger partial charge in [0.15, 0.2) is 0 Å². The summed E-state index contributed by atoms with van der Waals surface area (Å²) in [5.74, 6) is 2.80. The molecule has 0 bridgehead atoms. The third-order valence-electron chi connectivity index (χ3n) is 8.67. The predicted octanol–water partition coefficient (Wildman–Crippen LogP) is 13.9. The van der Waals surface area contributed by atoms with E-state index in [2.05, 4.69) is 34.6 Å². The number of hydrogen-bond acceptors (Lipinski definition) is 0. The second kappa shape index (κ2) is 29.6. The SMILES string of the molecule is CCCCCCCCCCC(C)CCCC(C)CCCCCCCCCCCCCCCCC(C)C. The molecule has 0 aliphatic carbocycles. The molecule has 0 amide bonds. The molecule has 0 heteroatoms. The molecule has 0 rings (SSSR count). The van der Waals surface area contributed by atoms with E-state index in [4.69, 9.17) is 0 Å². The molecule has 0 fully saturated rings. The van der Waals surface area contributed by atoms with Gasteiger partial charge in [0.1, 0.15) is 0 Å². The lowest BCUT2D eigenvalue weighted by Gasteiger charge is -2.14. The van der Waals surface area contributed by atoms with Crippen LogP contribution in [0.25, 0.3) is 0 Å². The van der Waals surface area contributed by atoms with Crippen LogP contribution in [0.1, 0.15) is 214 Å². The predicted molar refractivity (Wildman–Crippen MR) is 168 cm³/mol. The van der Waals surface area contributed by atoms with Gasteiger partial charge in [-0.2, -0.15) is 0 Å². The Kier molecular flexibility index (Phi) is 29.6. The van der Waals surface area contributed by atoms with Crippen LogP contribution in [0.4, 0.5) is 0 Å². The third kappa shape index (κ3) is 30.2. The third-order valence-corrected chi connectivity index (χ3v) is 8.67. The van der Waals surface area contributed by atoms with E-state index in [9.17, 15) is 0 Å². The summed E-state index contributed by atoms with van der Waals surface area (Å²) in [4.78, 5) is 0. The molecular weight excluding hydrogens is 432 g/mol. The van der Waals surface area contributed by atoms with E-state index in [1.165, 1.54) is 180 Å². The molecule has 0 aromatic heterocycles. The van der Waals surface area contributed by atoms with Gasteiger partial charge in [-0.25, -0.2) is 0 Å². The normalized spacial score (nSPS) is 13.5. The molecule has 0 aromatic rings. The van der Waals surface area contributed by atoms with Crippen LogP contribution in [0, 0.1) is 17.8 Å². The summed E-state index contributed by atoms with van der Waals surface area (Å²) in [6, 6.07) is 0. The van der Waals surface area contributed by atoms with E-state index in [-0.39, 0.29) is 0 Å². The van der Waals surface area contributed by atoms with Crippen LogP contribution >= 0.6 is 0 Å². The first-order valence-electron chi connectivity index (χ1n) is 17.6. The van der Waals surface area contributed by atoms with Gasteiger partial charge in [0, 0.05) is 0 Å². The summed E-state index contributed by atoms with van der Waals surface area (Å²) in [7, 11) is 0. The molecule has 0 saturated heterocycles. The molecule has 2 unspecified atom stereocenters. The van der Waals surface area contributed by atoms with Crippen molar-refractivity contribution < 1.29 is 0 Å². The molecular formula is C36H74. The van der Waals surface area contributed by atoms with Crippen molar-refractivity contribution in [2.24, 2.45) is 17.8 Å². The van der Waals surface area contributed by atoms with E-state index < -0.39 is 0 Å². The van der Waals surface area contributed by atoms with Crippen molar-refractivity contribution in [2.45, 2.75) is 214 Å². The summed E-state index contributed by atoms with van der Waals surface area (Å²) < 4.78 is 0. The molecule has 0 radical (unpaired) electrons. The quantitative estimate of drug-likeness (QED) is 0.0849. The first-order valence-corrected chi connectivity index (χ1v) is 17.6. The van der Waals surface area contributed by atoms with Crippen molar-refractivity contribution in [3.05, 3.63) is 0 Å². The Morgan fingerprint density at radius 2 is 0.528 bits per heavy atom. The minimum Gasteiger partial charge on any atom is -0.0654 e. The molecule has 0 aliphatic heterocycles. The fourth-order valence-corrected chi connectivity index (χ4v) is 5.90. The van der Waals surface area contributed by atoms with E-state index in [1.807, 2.05) is 0 Å². The minimum absolute atomic E-state index is 0.895. The Hall–Kier alpha value is 0. The van der Waals surface area contributed by atoms with Crippen LogP contribution in [0.15, 0.2) is 0 Å². The number of unbranched alkanes of at least 4 members (excludes halogenated alkanes) is 20. The topological polar surface area (TPSA) is 0 Å². The lowest BCUT2D eigenvalue weighted by molar-refractivity contribution is 0.390. The summed E-state index contributed by atoms with van der Waals surface area (Å²) in [6.45, 7) is 12.0. The summed E-state index contributed by atoms with van der Waals surface area (Å²) in [6.07, 6.45) is 41.2. The van der Waals surface area contributed by atoms with Gasteiger partial charge in [-0.1, -0.05) is 214 Å². The Morgan fingerprint density at radius 1 is 0.278 bits per heavy atom. The highest BCUT2D eigenvalue weighted by molar-refractivity contribution is 4.59. The monoisotopic (exact) mass is 507 g/mol. The first-order chi connectivity index (χ1) is 17.6. The maximum Gasteiger partial charge on any atom is -0.0443 e. The van der Waals surface area contributed by atoms with Crippen LogP contribution in [0.5, 0.6) is 0 Å². The fraction of sp³-hybridized carbons (Fsp3) is 1.00. The van der Waals surface area contributed by atoms with Crippen LogP contribution in [0.2, 0.25) is 0 Å². The molecule has 2 atom stereocenters. The molecule has 218 valence electrons. The lowest BCUT2D eigenvalue weighted by Crippen LogP contribution is -1.99. The molecule has 0 heterocycles. The van der Waals surface area contributed by atoms with Crippen LogP contribution in [-0.4, -0.2) is 0 Å². The van der Waals surface area contributed by atoms with Gasteiger partial charge >= 0.3 is 0 Å². The molecule has 0 saturated carbocycles. The number of rotatable bonds is 30. The van der Waals surface area contributed by atoms with Gasteiger partial charge < -0.3 is 0 Å². The zero-order valence-electron chi connectivity index (χ0n) is 26.5. The fourth-order valence-electron chi connectivity index (χ4n) is 5.90. The highest BCUT2D eigenvalue weighted by Gasteiger charge is 2.06. The molecule has 0 aliphatic rings. The van der Waals surface area contributed by atoms with E-state index in [0.717, 1.165) is 17.8 Å². The molecule has 36 heavy (non-hydrogen) atoms. The average molecular weight is 507 g/mol. The van der Waals surface area contributed by atoms with Crippen molar-refractivity contribution in [1.29, 1.82) is 0 Å². The van der Waals surface area contributed by atoms with Crippen LogP contribution in [0.3, 0.4) is 0 Å². The standard InChI is InChI=1S/C36H74/c1-6-7-8-9-10-20-23-26-30-35(4)32-28-33-36(5)31-27-24-21-18-16-14-12-11-13-15-17-19-22-25-29-34(2)3/h34-36H,6-33H2,1-5H3. The van der Waals surface area contributed by atoms with Crippen LogP contribution in [-0.2, 0) is 0 Å². The van der Waals surface area contributed by atoms with Gasteiger partial charge in [0.2, 0.25) is 0 Å².